The Hall–Kier alpha value is -2.57. The number of carboxylic acids is 1. The van der Waals surface area contributed by atoms with E-state index in [0.29, 0.717) is 0 Å². The highest BCUT2D eigenvalue weighted by Crippen LogP contribution is 2.17. The van der Waals surface area contributed by atoms with Crippen molar-refractivity contribution in [2.75, 3.05) is 6.61 Å². The molecule has 4 N–H and O–H groups in total. The van der Waals surface area contributed by atoms with Crippen LogP contribution in [0.2, 0.25) is 0 Å². The number of hydrogen-bond acceptors (Lipinski definition) is 4. The number of nitrogens with two attached hydrogens (primary N) is 1. The van der Waals surface area contributed by atoms with Crippen molar-refractivity contribution in [1.29, 1.82) is 0 Å². The quantitative estimate of drug-likeness (QED) is 0.656. The van der Waals surface area contributed by atoms with Crippen LogP contribution in [0, 0.1) is 0 Å². The fourth-order valence-electron chi connectivity index (χ4n) is 1.27. The van der Waals surface area contributed by atoms with Crippen molar-refractivity contribution in [3.63, 3.8) is 0 Å². The summed E-state index contributed by atoms with van der Waals surface area (Å²) in [6.45, 7) is 0.978. The Morgan fingerprint density at radius 1 is 1.37 bits per heavy atom. The first kappa shape index (κ1) is 14.5. The van der Waals surface area contributed by atoms with Crippen LogP contribution < -0.4 is 15.8 Å². The topological polar surface area (TPSA) is 119 Å². The first-order chi connectivity index (χ1) is 8.91. The predicted molar refractivity (Wildman–Crippen MR) is 65.7 cm³/mol. The maximum absolute atomic E-state index is 11.9. The second-order valence-electron chi connectivity index (χ2n) is 3.78. The van der Waals surface area contributed by atoms with E-state index in [1.54, 1.807) is 12.1 Å². The van der Waals surface area contributed by atoms with Gasteiger partial charge in [0.1, 0.15) is 11.8 Å². The van der Waals surface area contributed by atoms with Gasteiger partial charge in [-0.05, 0) is 19.1 Å². The number of aliphatic carboxylic acids is 1. The first-order valence-corrected chi connectivity index (χ1v) is 5.45. The Kier molecular flexibility index (Phi) is 4.87. The fraction of sp³-hybridized carbons (Fsp3) is 0.250. The molecular formula is C12H14N2O5. The summed E-state index contributed by atoms with van der Waals surface area (Å²) in [7, 11) is 0. The monoisotopic (exact) mass is 266 g/mol. The molecule has 2 amide bonds. The number of hydrogen-bond donors (Lipinski definition) is 3. The SMILES string of the molecule is C[C@@H](NC(=O)c1ccccc1OCC(N)=O)C(=O)O. The van der Waals surface area contributed by atoms with Crippen LogP contribution in [0.3, 0.4) is 0 Å². The van der Waals surface area contributed by atoms with Crippen LogP contribution in [0.15, 0.2) is 24.3 Å². The van der Waals surface area contributed by atoms with Gasteiger partial charge in [0, 0.05) is 0 Å². The minimum Gasteiger partial charge on any atom is -0.483 e. The van der Waals surface area contributed by atoms with Gasteiger partial charge in [-0.15, -0.1) is 0 Å². The van der Waals surface area contributed by atoms with Gasteiger partial charge in [-0.25, -0.2) is 0 Å². The minimum atomic E-state index is -1.15. The Bertz CT molecular complexity index is 501. The summed E-state index contributed by atoms with van der Waals surface area (Å²) in [4.78, 5) is 33.2. The Morgan fingerprint density at radius 3 is 2.58 bits per heavy atom. The maximum Gasteiger partial charge on any atom is 0.325 e. The number of carbonyl (C=O) groups excluding carboxylic acids is 2. The minimum absolute atomic E-state index is 0.136. The third-order valence-corrected chi connectivity index (χ3v) is 2.22. The molecule has 1 aromatic carbocycles. The van der Waals surface area contributed by atoms with Gasteiger partial charge in [0.2, 0.25) is 0 Å². The molecule has 1 aromatic rings. The zero-order chi connectivity index (χ0) is 14.4. The summed E-state index contributed by atoms with van der Waals surface area (Å²) in [5, 5.41) is 11.0. The lowest BCUT2D eigenvalue weighted by Gasteiger charge is -2.12. The summed E-state index contributed by atoms with van der Waals surface area (Å²) in [5.41, 5.74) is 5.08. The van der Waals surface area contributed by atoms with Crippen LogP contribution in [0.1, 0.15) is 17.3 Å². The summed E-state index contributed by atoms with van der Waals surface area (Å²) in [5.74, 6) is -2.26. The van der Waals surface area contributed by atoms with E-state index in [-0.39, 0.29) is 17.9 Å². The van der Waals surface area contributed by atoms with Gasteiger partial charge in [-0.3, -0.25) is 14.4 Å². The number of benzene rings is 1. The van der Waals surface area contributed by atoms with Crippen LogP contribution in [0.5, 0.6) is 5.75 Å². The van der Waals surface area contributed by atoms with Crippen molar-refractivity contribution in [3.05, 3.63) is 29.8 Å². The number of amides is 2. The molecule has 1 rings (SSSR count). The van der Waals surface area contributed by atoms with Crippen molar-refractivity contribution < 1.29 is 24.2 Å². The van der Waals surface area contributed by atoms with Crippen molar-refractivity contribution in [2.45, 2.75) is 13.0 Å². The summed E-state index contributed by atoms with van der Waals surface area (Å²) in [6.07, 6.45) is 0. The summed E-state index contributed by atoms with van der Waals surface area (Å²) < 4.78 is 5.08. The van der Waals surface area contributed by atoms with Gasteiger partial charge in [0.05, 0.1) is 5.56 Å². The second kappa shape index (κ2) is 6.39. The number of rotatable bonds is 6. The van der Waals surface area contributed by atoms with E-state index < -0.39 is 23.8 Å². The van der Waals surface area contributed by atoms with Crippen molar-refractivity contribution in [2.24, 2.45) is 5.73 Å². The molecule has 7 nitrogen and oxygen atoms in total. The molecule has 0 radical (unpaired) electrons. The molecule has 0 fully saturated rings. The first-order valence-electron chi connectivity index (χ1n) is 5.45. The normalized spacial score (nSPS) is 11.4. The van der Waals surface area contributed by atoms with Gasteiger partial charge in [-0.2, -0.15) is 0 Å². The van der Waals surface area contributed by atoms with Crippen LogP contribution in [0.4, 0.5) is 0 Å². The predicted octanol–water partition coefficient (Wildman–Crippen LogP) is -0.246. The van der Waals surface area contributed by atoms with Crippen molar-refractivity contribution >= 4 is 17.8 Å². The maximum atomic E-state index is 11.9. The number of carboxylic acid groups (broad SMARTS) is 1. The van der Waals surface area contributed by atoms with E-state index in [0.717, 1.165) is 0 Å². The molecule has 19 heavy (non-hydrogen) atoms. The largest absolute Gasteiger partial charge is 0.483 e. The van der Waals surface area contributed by atoms with Gasteiger partial charge >= 0.3 is 5.97 Å². The van der Waals surface area contributed by atoms with E-state index in [9.17, 15) is 14.4 Å². The van der Waals surface area contributed by atoms with Crippen molar-refractivity contribution in [1.82, 2.24) is 5.32 Å². The van der Waals surface area contributed by atoms with E-state index in [2.05, 4.69) is 5.32 Å². The highest BCUT2D eigenvalue weighted by molar-refractivity contribution is 5.98. The molecule has 0 aromatic heterocycles. The number of ether oxygens (including phenoxy) is 1. The molecule has 0 aliphatic carbocycles. The van der Waals surface area contributed by atoms with Crippen molar-refractivity contribution in [3.8, 4) is 5.75 Å². The Balaban J connectivity index is 2.84. The van der Waals surface area contributed by atoms with E-state index in [4.69, 9.17) is 15.6 Å². The lowest BCUT2D eigenvalue weighted by Crippen LogP contribution is -2.38. The van der Waals surface area contributed by atoms with E-state index in [1.165, 1.54) is 19.1 Å². The molecule has 0 bridgehead atoms. The highest BCUT2D eigenvalue weighted by Gasteiger charge is 2.18. The highest BCUT2D eigenvalue weighted by atomic mass is 16.5. The van der Waals surface area contributed by atoms with Gasteiger partial charge in [-0.1, -0.05) is 12.1 Å². The molecular weight excluding hydrogens is 252 g/mol. The molecule has 0 spiro atoms. The fourth-order valence-corrected chi connectivity index (χ4v) is 1.27. The molecule has 0 aliphatic rings. The van der Waals surface area contributed by atoms with Crippen LogP contribution >= 0.6 is 0 Å². The van der Waals surface area contributed by atoms with Gasteiger partial charge < -0.3 is 20.9 Å². The molecule has 102 valence electrons. The Labute approximate surface area is 109 Å². The van der Waals surface area contributed by atoms with Crippen LogP contribution in [-0.2, 0) is 9.59 Å². The van der Waals surface area contributed by atoms with E-state index in [1.807, 2.05) is 0 Å². The van der Waals surface area contributed by atoms with Gasteiger partial charge in [0.15, 0.2) is 6.61 Å². The number of nitrogens with one attached hydrogen (secondary N) is 1. The number of primary amides is 1. The molecule has 0 aliphatic heterocycles. The lowest BCUT2D eigenvalue weighted by atomic mass is 10.1. The van der Waals surface area contributed by atoms with Crippen LogP contribution in [-0.4, -0.2) is 35.5 Å². The zero-order valence-corrected chi connectivity index (χ0v) is 10.3. The molecule has 0 unspecified atom stereocenters. The smallest absolute Gasteiger partial charge is 0.325 e. The number of para-hydroxylation sites is 1. The molecule has 0 heterocycles. The molecule has 0 saturated carbocycles. The molecule has 0 saturated heterocycles. The third-order valence-electron chi connectivity index (χ3n) is 2.22. The lowest BCUT2D eigenvalue weighted by molar-refractivity contribution is -0.138. The summed E-state index contributed by atoms with van der Waals surface area (Å²) >= 11 is 0. The van der Waals surface area contributed by atoms with E-state index >= 15 is 0 Å². The average molecular weight is 266 g/mol. The Morgan fingerprint density at radius 2 is 2.00 bits per heavy atom. The average Bonchev–Trinajstić information content (AvgIpc) is 2.36. The summed E-state index contributed by atoms with van der Waals surface area (Å²) in [6, 6.07) is 5.13. The number of carbonyl (C=O) groups is 3. The second-order valence-corrected chi connectivity index (χ2v) is 3.78. The van der Waals surface area contributed by atoms with Gasteiger partial charge in [0.25, 0.3) is 11.8 Å². The standard InChI is InChI=1S/C12H14N2O5/c1-7(12(17)18)14-11(16)8-4-2-3-5-9(8)19-6-10(13)15/h2-5,7H,6H2,1H3,(H2,13,15)(H,14,16)(H,17,18)/t7-/m1/s1. The molecule has 7 heteroatoms. The van der Waals surface area contributed by atoms with Crippen LogP contribution in [0.25, 0.3) is 0 Å². The molecule has 1 atom stereocenters. The zero-order valence-electron chi connectivity index (χ0n) is 10.3. The third kappa shape index (κ3) is 4.30.